The summed E-state index contributed by atoms with van der Waals surface area (Å²) in [6.07, 6.45) is 0.871. The van der Waals surface area contributed by atoms with E-state index in [4.69, 9.17) is 17.3 Å². The number of alkyl halides is 1. The smallest absolute Gasteiger partial charge is 0.245 e. The van der Waals surface area contributed by atoms with Crippen molar-refractivity contribution in [2.24, 2.45) is 11.7 Å². The minimum absolute atomic E-state index is 0.0916. The summed E-state index contributed by atoms with van der Waals surface area (Å²) in [5.74, 6) is -2.86. The third kappa shape index (κ3) is 12.5. The van der Waals surface area contributed by atoms with Crippen LogP contribution < -0.4 is 27.0 Å². The van der Waals surface area contributed by atoms with E-state index >= 15 is 0 Å². The highest BCUT2D eigenvalue weighted by molar-refractivity contribution is 6.28. The second-order valence-electron chi connectivity index (χ2n) is 10.1. The van der Waals surface area contributed by atoms with Gasteiger partial charge in [-0.15, -0.1) is 11.6 Å². The van der Waals surface area contributed by atoms with Gasteiger partial charge in [0.05, 0.1) is 37.1 Å². The van der Waals surface area contributed by atoms with E-state index in [2.05, 4.69) is 21.3 Å². The standard InChI is InChI=1S/C29H38ClN5O6/c1-18(2)12-23(25(37)15-30)34-24(14-19-6-4-3-5-7-19)29(41)35-27(39)17-32-26(38)16-33-28(40)22(31)13-20-8-10-21(36)11-9-20/h3-11,18,22-24,34,36H,12-17,31H2,1-2H3,(H,32,38)(H,33,40)(H,35,39,41)/t22-,23?,24-/m0/s1. The van der Waals surface area contributed by atoms with Crippen LogP contribution in [0.15, 0.2) is 54.6 Å². The van der Waals surface area contributed by atoms with Gasteiger partial charge in [0.2, 0.25) is 23.6 Å². The Kier molecular flexibility index (Phi) is 13.9. The number of carbonyl (C=O) groups excluding carboxylic acids is 5. The first-order chi connectivity index (χ1) is 19.5. The van der Waals surface area contributed by atoms with Crippen LogP contribution in [0.3, 0.4) is 0 Å². The van der Waals surface area contributed by atoms with Crippen LogP contribution in [0, 0.1) is 5.92 Å². The molecule has 12 heteroatoms. The van der Waals surface area contributed by atoms with E-state index in [-0.39, 0.29) is 36.2 Å². The molecule has 2 rings (SSSR count). The number of Topliss-reactive ketones (excluding diaryl/α,β-unsaturated/α-hetero) is 1. The van der Waals surface area contributed by atoms with Gasteiger partial charge in [-0.3, -0.25) is 34.6 Å². The zero-order valence-corrected chi connectivity index (χ0v) is 23.9. The number of benzene rings is 2. The molecule has 0 heterocycles. The lowest BCUT2D eigenvalue weighted by atomic mass is 9.98. The molecule has 0 saturated carbocycles. The molecule has 2 aromatic rings. The SMILES string of the molecule is CC(C)CC(N[C@@H](Cc1ccccc1)C(=O)NC(=O)CNC(=O)CNC(=O)[C@@H](N)Cc1ccc(O)cc1)C(=O)CCl. The second kappa shape index (κ2) is 17.1. The molecular formula is C29H38ClN5O6. The number of carbonyl (C=O) groups is 5. The molecule has 0 aromatic heterocycles. The van der Waals surface area contributed by atoms with Crippen LogP contribution in [-0.2, 0) is 36.8 Å². The summed E-state index contributed by atoms with van der Waals surface area (Å²) in [6, 6.07) is 12.8. The number of nitrogens with two attached hydrogens (primary N) is 1. The molecule has 11 nitrogen and oxygen atoms in total. The third-order valence-electron chi connectivity index (χ3n) is 6.09. The number of imide groups is 1. The number of halogens is 1. The van der Waals surface area contributed by atoms with Gasteiger partial charge in [-0.2, -0.15) is 0 Å². The van der Waals surface area contributed by atoms with E-state index in [1.165, 1.54) is 12.1 Å². The van der Waals surface area contributed by atoms with Crippen molar-refractivity contribution in [1.29, 1.82) is 0 Å². The highest BCUT2D eigenvalue weighted by atomic mass is 35.5. The fourth-order valence-electron chi connectivity index (χ4n) is 3.96. The van der Waals surface area contributed by atoms with Crippen LogP contribution >= 0.6 is 11.6 Å². The van der Waals surface area contributed by atoms with Gasteiger partial charge in [-0.05, 0) is 48.4 Å². The van der Waals surface area contributed by atoms with Gasteiger partial charge in [-0.1, -0.05) is 56.3 Å². The zero-order valence-electron chi connectivity index (χ0n) is 23.2. The molecule has 1 unspecified atom stereocenters. The molecule has 0 aliphatic rings. The topological polar surface area (TPSA) is 180 Å². The maximum Gasteiger partial charge on any atom is 0.245 e. The normalized spacial score (nSPS) is 13.1. The number of aromatic hydroxyl groups is 1. The monoisotopic (exact) mass is 587 g/mol. The first-order valence-corrected chi connectivity index (χ1v) is 13.8. The Balaban J connectivity index is 1.88. The number of rotatable bonds is 16. The summed E-state index contributed by atoms with van der Waals surface area (Å²) in [5.41, 5.74) is 7.44. The van der Waals surface area contributed by atoms with Gasteiger partial charge in [0.15, 0.2) is 5.78 Å². The van der Waals surface area contributed by atoms with E-state index in [0.29, 0.717) is 6.42 Å². The van der Waals surface area contributed by atoms with Gasteiger partial charge < -0.3 is 21.5 Å². The highest BCUT2D eigenvalue weighted by Crippen LogP contribution is 2.12. The number of ketones is 1. The fourth-order valence-corrected chi connectivity index (χ4v) is 4.15. The number of nitrogens with one attached hydrogen (secondary N) is 4. The lowest BCUT2D eigenvalue weighted by Crippen LogP contribution is -2.54. The highest BCUT2D eigenvalue weighted by Gasteiger charge is 2.28. The van der Waals surface area contributed by atoms with Gasteiger partial charge in [0.25, 0.3) is 0 Å². The Morgan fingerprint density at radius 3 is 2.02 bits per heavy atom. The van der Waals surface area contributed by atoms with Crippen LogP contribution in [-0.4, -0.2) is 71.6 Å². The summed E-state index contributed by atoms with van der Waals surface area (Å²) >= 11 is 5.79. The van der Waals surface area contributed by atoms with Crippen LogP contribution in [0.4, 0.5) is 0 Å². The molecule has 0 radical (unpaired) electrons. The predicted octanol–water partition coefficient (Wildman–Crippen LogP) is 0.561. The van der Waals surface area contributed by atoms with E-state index < -0.39 is 54.8 Å². The van der Waals surface area contributed by atoms with Crippen molar-refractivity contribution in [3.05, 3.63) is 65.7 Å². The minimum atomic E-state index is -0.924. The second-order valence-corrected chi connectivity index (χ2v) is 10.3. The Morgan fingerprint density at radius 2 is 1.41 bits per heavy atom. The van der Waals surface area contributed by atoms with Crippen LogP contribution in [0.1, 0.15) is 31.4 Å². The van der Waals surface area contributed by atoms with E-state index in [0.717, 1.165) is 11.1 Å². The quantitative estimate of drug-likeness (QED) is 0.154. The van der Waals surface area contributed by atoms with E-state index in [1.807, 2.05) is 44.2 Å². The van der Waals surface area contributed by atoms with Crippen molar-refractivity contribution in [3.63, 3.8) is 0 Å². The fraction of sp³-hybridized carbons (Fsp3) is 0.414. The maximum absolute atomic E-state index is 13.1. The van der Waals surface area contributed by atoms with Crippen molar-refractivity contribution in [1.82, 2.24) is 21.3 Å². The average Bonchev–Trinajstić information content (AvgIpc) is 2.94. The molecule has 0 fully saturated rings. The van der Waals surface area contributed by atoms with Crippen LogP contribution in [0.2, 0.25) is 0 Å². The molecule has 0 spiro atoms. The van der Waals surface area contributed by atoms with Crippen molar-refractivity contribution >= 4 is 41.0 Å². The molecule has 3 atom stereocenters. The van der Waals surface area contributed by atoms with Gasteiger partial charge in [0.1, 0.15) is 5.75 Å². The summed E-state index contributed by atoms with van der Waals surface area (Å²) in [4.78, 5) is 62.3. The Bertz CT molecular complexity index is 1180. The molecule has 4 amide bonds. The van der Waals surface area contributed by atoms with E-state index in [1.54, 1.807) is 12.1 Å². The maximum atomic E-state index is 13.1. The average molecular weight is 588 g/mol. The van der Waals surface area contributed by atoms with Gasteiger partial charge >= 0.3 is 0 Å². The Morgan fingerprint density at radius 1 is 0.805 bits per heavy atom. The van der Waals surface area contributed by atoms with Crippen molar-refractivity contribution in [2.45, 2.75) is 51.2 Å². The molecule has 0 saturated heterocycles. The summed E-state index contributed by atoms with van der Waals surface area (Å²) in [6.45, 7) is 2.97. The van der Waals surface area contributed by atoms with Gasteiger partial charge in [0, 0.05) is 0 Å². The third-order valence-corrected chi connectivity index (χ3v) is 6.35. The minimum Gasteiger partial charge on any atom is -0.508 e. The number of phenolic OH excluding ortho intramolecular Hbond substituents is 1. The molecule has 2 aromatic carbocycles. The molecule has 41 heavy (non-hydrogen) atoms. The lowest BCUT2D eigenvalue weighted by molar-refractivity contribution is -0.133. The number of amides is 4. The molecule has 7 N–H and O–H groups in total. The first kappa shape index (κ1) is 33.4. The summed E-state index contributed by atoms with van der Waals surface area (Å²) in [5, 5.41) is 19.4. The van der Waals surface area contributed by atoms with E-state index in [9.17, 15) is 29.1 Å². The van der Waals surface area contributed by atoms with Gasteiger partial charge in [-0.25, -0.2) is 0 Å². The van der Waals surface area contributed by atoms with Crippen molar-refractivity contribution in [3.8, 4) is 5.75 Å². The molecule has 0 aliphatic carbocycles. The number of hydrogen-bond acceptors (Lipinski definition) is 8. The van der Waals surface area contributed by atoms with Crippen LogP contribution in [0.5, 0.6) is 5.75 Å². The lowest BCUT2D eigenvalue weighted by Gasteiger charge is -2.25. The first-order valence-electron chi connectivity index (χ1n) is 13.3. The van der Waals surface area contributed by atoms with Crippen molar-refractivity contribution in [2.75, 3.05) is 19.0 Å². The molecule has 0 bridgehead atoms. The molecule has 0 aliphatic heterocycles. The number of phenols is 1. The predicted molar refractivity (Wildman–Crippen MR) is 155 cm³/mol. The molecular weight excluding hydrogens is 550 g/mol. The summed E-state index contributed by atoms with van der Waals surface area (Å²) in [7, 11) is 0. The largest absolute Gasteiger partial charge is 0.508 e. The Labute approximate surface area is 244 Å². The molecule has 222 valence electrons. The number of hydrogen-bond donors (Lipinski definition) is 6. The Hall–Kier alpha value is -3.80. The zero-order chi connectivity index (χ0) is 30.4. The van der Waals surface area contributed by atoms with Crippen molar-refractivity contribution < 1.29 is 29.1 Å². The van der Waals surface area contributed by atoms with Crippen LogP contribution in [0.25, 0.3) is 0 Å². The summed E-state index contributed by atoms with van der Waals surface area (Å²) < 4.78 is 0.